The molecule has 1 amide bonds. The Morgan fingerprint density at radius 1 is 1.29 bits per heavy atom. The molecule has 0 aliphatic heterocycles. The highest BCUT2D eigenvalue weighted by Gasteiger charge is 2.46. The molecule has 2 aromatic heterocycles. The molecule has 0 spiro atoms. The van der Waals surface area contributed by atoms with Crippen molar-refractivity contribution in [2.75, 3.05) is 6.61 Å². The number of nitrogens with zero attached hydrogens (tertiary/aromatic N) is 2. The van der Waals surface area contributed by atoms with Crippen LogP contribution in [0, 0.1) is 5.92 Å². The fourth-order valence-electron chi connectivity index (χ4n) is 3.52. The van der Waals surface area contributed by atoms with Crippen LogP contribution >= 0.6 is 11.3 Å². The number of thiophene rings is 1. The van der Waals surface area contributed by atoms with Gasteiger partial charge in [-0.05, 0) is 31.0 Å². The van der Waals surface area contributed by atoms with Gasteiger partial charge in [0.1, 0.15) is 5.82 Å². The zero-order valence-corrected chi connectivity index (χ0v) is 17.6. The van der Waals surface area contributed by atoms with Gasteiger partial charge in [-0.15, -0.1) is 11.3 Å². The van der Waals surface area contributed by atoms with Crippen LogP contribution in [0.25, 0.3) is 0 Å². The molecule has 0 bridgehead atoms. The summed E-state index contributed by atoms with van der Waals surface area (Å²) >= 11 is 1.10. The van der Waals surface area contributed by atoms with Gasteiger partial charge < -0.3 is 14.6 Å². The first-order valence-electron chi connectivity index (χ1n) is 9.95. The molecule has 3 atom stereocenters. The minimum Gasteiger partial charge on any atom is -0.475 e. The third kappa shape index (κ3) is 5.46. The molecule has 164 valence electrons. The van der Waals surface area contributed by atoms with Gasteiger partial charge in [-0.25, -0.2) is 4.98 Å². The van der Waals surface area contributed by atoms with Gasteiger partial charge in [-0.3, -0.25) is 4.79 Å². The smallest absolute Gasteiger partial charge is 0.422 e. The number of hydrogen-bond donors (Lipinski definition) is 1. The Labute approximate surface area is 181 Å². The molecule has 0 radical (unpaired) electrons. The number of hydrogen-bond acceptors (Lipinski definition) is 4. The SMILES string of the molecule is CC(NC(=O)[C@H]1C[C@@H]1c1nccn1Cc1ccccc1)c1ccc(OCC(F)(F)F)s1. The summed E-state index contributed by atoms with van der Waals surface area (Å²) in [6.07, 6.45) is 0.0284. The zero-order valence-electron chi connectivity index (χ0n) is 16.8. The van der Waals surface area contributed by atoms with Crippen molar-refractivity contribution < 1.29 is 22.7 Å². The van der Waals surface area contributed by atoms with Gasteiger partial charge in [-0.2, -0.15) is 13.2 Å². The second-order valence-corrected chi connectivity index (χ2v) is 8.72. The Hall–Kier alpha value is -2.81. The summed E-state index contributed by atoms with van der Waals surface area (Å²) in [5.74, 6) is 0.744. The van der Waals surface area contributed by atoms with Crippen molar-refractivity contribution in [3.63, 3.8) is 0 Å². The Morgan fingerprint density at radius 2 is 2.06 bits per heavy atom. The first-order valence-corrected chi connectivity index (χ1v) is 10.8. The third-order valence-electron chi connectivity index (χ3n) is 5.17. The molecular formula is C22H22F3N3O2S. The zero-order chi connectivity index (χ0) is 22.0. The number of aromatic nitrogens is 2. The fraction of sp³-hybridized carbons (Fsp3) is 0.364. The second-order valence-electron chi connectivity index (χ2n) is 7.64. The predicted octanol–water partition coefficient (Wildman–Crippen LogP) is 4.91. The number of rotatable bonds is 8. The van der Waals surface area contributed by atoms with Crippen molar-refractivity contribution in [2.45, 2.75) is 38.0 Å². The molecule has 1 aliphatic carbocycles. The van der Waals surface area contributed by atoms with Crippen LogP contribution in [0.15, 0.2) is 54.9 Å². The predicted molar refractivity (Wildman–Crippen MR) is 111 cm³/mol. The van der Waals surface area contributed by atoms with E-state index in [1.807, 2.05) is 31.3 Å². The van der Waals surface area contributed by atoms with Gasteiger partial charge in [0.25, 0.3) is 0 Å². The van der Waals surface area contributed by atoms with Crippen molar-refractivity contribution in [3.8, 4) is 5.06 Å². The Kier molecular flexibility index (Phi) is 6.04. The van der Waals surface area contributed by atoms with Crippen LogP contribution < -0.4 is 10.1 Å². The Balaban J connectivity index is 1.32. The number of ether oxygens (including phenoxy) is 1. The number of carbonyl (C=O) groups is 1. The first kappa shape index (κ1) is 21.4. The summed E-state index contributed by atoms with van der Waals surface area (Å²) < 4.78 is 43.7. The number of halogens is 3. The van der Waals surface area contributed by atoms with Crippen LogP contribution in [-0.4, -0.2) is 28.2 Å². The van der Waals surface area contributed by atoms with E-state index in [-0.39, 0.29) is 28.8 Å². The lowest BCUT2D eigenvalue weighted by atomic mass is 10.2. The van der Waals surface area contributed by atoms with E-state index < -0.39 is 12.8 Å². The molecule has 1 saturated carbocycles. The van der Waals surface area contributed by atoms with E-state index in [0.717, 1.165) is 28.5 Å². The molecule has 1 aliphatic rings. The normalized spacial score (nSPS) is 19.1. The summed E-state index contributed by atoms with van der Waals surface area (Å²) in [7, 11) is 0. The number of nitrogens with one attached hydrogen (secondary N) is 1. The van der Waals surface area contributed by atoms with Crippen LogP contribution in [0.2, 0.25) is 0 Å². The van der Waals surface area contributed by atoms with E-state index in [1.165, 1.54) is 11.6 Å². The molecule has 1 fully saturated rings. The monoisotopic (exact) mass is 449 g/mol. The largest absolute Gasteiger partial charge is 0.475 e. The fourth-order valence-corrected chi connectivity index (χ4v) is 4.38. The second kappa shape index (κ2) is 8.74. The molecule has 1 unspecified atom stereocenters. The highest BCUT2D eigenvalue weighted by molar-refractivity contribution is 7.13. The summed E-state index contributed by atoms with van der Waals surface area (Å²) in [6.45, 7) is 1.19. The van der Waals surface area contributed by atoms with E-state index >= 15 is 0 Å². The highest BCUT2D eigenvalue weighted by Crippen LogP contribution is 2.47. The van der Waals surface area contributed by atoms with Crippen LogP contribution in [-0.2, 0) is 11.3 Å². The number of imidazole rings is 1. The molecule has 31 heavy (non-hydrogen) atoms. The van der Waals surface area contributed by atoms with Crippen molar-refractivity contribution in [1.29, 1.82) is 0 Å². The Bertz CT molecular complexity index is 1030. The molecular weight excluding hydrogens is 427 g/mol. The van der Waals surface area contributed by atoms with Crippen molar-refractivity contribution >= 4 is 17.2 Å². The molecule has 0 saturated heterocycles. The van der Waals surface area contributed by atoms with E-state index in [2.05, 4.69) is 27.0 Å². The van der Waals surface area contributed by atoms with Gasteiger partial charge in [0.05, 0.1) is 6.04 Å². The molecule has 2 heterocycles. The molecule has 3 aromatic rings. The maximum atomic E-state index is 12.7. The average Bonchev–Trinajstić information content (AvgIpc) is 3.15. The molecule has 4 rings (SSSR count). The van der Waals surface area contributed by atoms with Crippen LogP contribution in [0.4, 0.5) is 13.2 Å². The lowest BCUT2D eigenvalue weighted by Gasteiger charge is -2.13. The number of amides is 1. The van der Waals surface area contributed by atoms with Gasteiger partial charge in [0, 0.05) is 35.7 Å². The van der Waals surface area contributed by atoms with E-state index in [9.17, 15) is 18.0 Å². The maximum Gasteiger partial charge on any atom is 0.422 e. The topological polar surface area (TPSA) is 56.2 Å². The summed E-state index contributed by atoms with van der Waals surface area (Å²) in [4.78, 5) is 17.9. The van der Waals surface area contributed by atoms with Gasteiger partial charge in [0.2, 0.25) is 5.91 Å². The average molecular weight is 449 g/mol. The van der Waals surface area contributed by atoms with Crippen LogP contribution in [0.5, 0.6) is 5.06 Å². The lowest BCUT2D eigenvalue weighted by molar-refractivity contribution is -0.152. The molecule has 1 N–H and O–H groups in total. The Morgan fingerprint density at radius 3 is 2.81 bits per heavy atom. The van der Waals surface area contributed by atoms with Crippen LogP contribution in [0.3, 0.4) is 0 Å². The quantitative estimate of drug-likeness (QED) is 0.531. The summed E-state index contributed by atoms with van der Waals surface area (Å²) in [5, 5.41) is 3.14. The van der Waals surface area contributed by atoms with Gasteiger partial charge in [0.15, 0.2) is 11.7 Å². The standard InChI is InChI=1S/C22H22F3N3O2S/c1-14(18-7-8-19(31-18)30-13-22(23,24)25)27-21(29)17-11-16(17)20-26-9-10-28(20)12-15-5-3-2-4-6-15/h2-10,14,16-17H,11-13H2,1H3,(H,27,29)/t14?,16-,17-/m0/s1. The third-order valence-corrected chi connectivity index (χ3v) is 6.35. The minimum absolute atomic E-state index is 0.0694. The molecule has 9 heteroatoms. The van der Waals surface area contributed by atoms with Crippen molar-refractivity contribution in [3.05, 3.63) is 71.1 Å². The minimum atomic E-state index is -4.38. The number of alkyl halides is 3. The van der Waals surface area contributed by atoms with Crippen molar-refractivity contribution in [2.24, 2.45) is 5.92 Å². The van der Waals surface area contributed by atoms with E-state index in [1.54, 1.807) is 12.3 Å². The lowest BCUT2D eigenvalue weighted by Crippen LogP contribution is -2.28. The van der Waals surface area contributed by atoms with Gasteiger partial charge >= 0.3 is 6.18 Å². The molecule has 5 nitrogen and oxygen atoms in total. The van der Waals surface area contributed by atoms with Crippen molar-refractivity contribution in [1.82, 2.24) is 14.9 Å². The highest BCUT2D eigenvalue weighted by atomic mass is 32.1. The van der Waals surface area contributed by atoms with E-state index in [0.29, 0.717) is 6.54 Å². The summed E-state index contributed by atoms with van der Waals surface area (Å²) in [5.41, 5.74) is 1.17. The first-order chi connectivity index (χ1) is 14.8. The maximum absolute atomic E-state index is 12.7. The number of carbonyl (C=O) groups excluding carboxylic acids is 1. The number of benzene rings is 1. The molecule has 1 aromatic carbocycles. The van der Waals surface area contributed by atoms with Gasteiger partial charge in [-0.1, -0.05) is 30.3 Å². The van der Waals surface area contributed by atoms with Crippen LogP contribution in [0.1, 0.15) is 41.6 Å². The summed E-state index contributed by atoms with van der Waals surface area (Å²) in [6, 6.07) is 12.9. The van der Waals surface area contributed by atoms with E-state index in [4.69, 9.17) is 4.74 Å².